The summed E-state index contributed by atoms with van der Waals surface area (Å²) >= 11 is 0. The van der Waals surface area contributed by atoms with Crippen LogP contribution in [0.2, 0.25) is 0 Å². The van der Waals surface area contributed by atoms with Crippen LogP contribution in [0.5, 0.6) is 0 Å². The maximum Gasteiger partial charge on any atom is 0.124 e. The summed E-state index contributed by atoms with van der Waals surface area (Å²) in [5, 5.41) is 19.2. The van der Waals surface area contributed by atoms with Crippen LogP contribution in [0.3, 0.4) is 0 Å². The van der Waals surface area contributed by atoms with Crippen molar-refractivity contribution in [3.63, 3.8) is 0 Å². The molecule has 0 saturated heterocycles. The van der Waals surface area contributed by atoms with Crippen molar-refractivity contribution >= 4 is 0 Å². The third-order valence-electron chi connectivity index (χ3n) is 3.31. The second-order valence-electron chi connectivity index (χ2n) is 4.91. The van der Waals surface area contributed by atoms with Gasteiger partial charge in [0.05, 0.1) is 11.4 Å². The van der Waals surface area contributed by atoms with E-state index >= 15 is 0 Å². The zero-order valence-corrected chi connectivity index (χ0v) is 11.5. The van der Waals surface area contributed by atoms with Crippen LogP contribution < -0.4 is 0 Å². The molecule has 1 atom stereocenters. The van der Waals surface area contributed by atoms with Crippen LogP contribution in [0.15, 0.2) is 12.3 Å². The van der Waals surface area contributed by atoms with Crippen molar-refractivity contribution in [1.29, 1.82) is 0 Å². The van der Waals surface area contributed by atoms with Crippen LogP contribution in [0.4, 0.5) is 0 Å². The van der Waals surface area contributed by atoms with Gasteiger partial charge in [0.25, 0.3) is 0 Å². The standard InChI is InChI=1S/C13H20N4O/c1-8(2)17-11(6-7-14-17)13(18)12-9(3)15-16(5)10(12)4/h6-8,13,18H,1-5H3. The van der Waals surface area contributed by atoms with Gasteiger partial charge < -0.3 is 5.11 Å². The minimum absolute atomic E-state index is 0.224. The minimum Gasteiger partial charge on any atom is -0.382 e. The van der Waals surface area contributed by atoms with Gasteiger partial charge >= 0.3 is 0 Å². The van der Waals surface area contributed by atoms with E-state index in [0.717, 1.165) is 22.6 Å². The lowest BCUT2D eigenvalue weighted by Crippen LogP contribution is -2.13. The Labute approximate surface area is 107 Å². The molecule has 0 aliphatic rings. The molecule has 5 nitrogen and oxygen atoms in total. The van der Waals surface area contributed by atoms with Crippen LogP contribution in [0.1, 0.15) is 48.6 Å². The van der Waals surface area contributed by atoms with Crippen LogP contribution >= 0.6 is 0 Å². The Hall–Kier alpha value is -1.62. The Morgan fingerprint density at radius 1 is 1.28 bits per heavy atom. The average molecular weight is 248 g/mol. The Morgan fingerprint density at radius 2 is 1.94 bits per heavy atom. The second-order valence-corrected chi connectivity index (χ2v) is 4.91. The monoisotopic (exact) mass is 248 g/mol. The molecular weight excluding hydrogens is 228 g/mol. The van der Waals surface area contributed by atoms with E-state index in [1.165, 1.54) is 0 Å². The summed E-state index contributed by atoms with van der Waals surface area (Å²) in [6.07, 6.45) is 1.04. The van der Waals surface area contributed by atoms with Gasteiger partial charge in [-0.15, -0.1) is 0 Å². The second kappa shape index (κ2) is 4.57. The first kappa shape index (κ1) is 12.8. The molecule has 2 heterocycles. The topological polar surface area (TPSA) is 55.9 Å². The van der Waals surface area contributed by atoms with Gasteiger partial charge in [-0.1, -0.05) is 0 Å². The molecular formula is C13H20N4O. The highest BCUT2D eigenvalue weighted by molar-refractivity contribution is 5.32. The lowest BCUT2D eigenvalue weighted by atomic mass is 10.0. The zero-order valence-electron chi connectivity index (χ0n) is 11.5. The number of hydrogen-bond acceptors (Lipinski definition) is 3. The highest BCUT2D eigenvalue weighted by atomic mass is 16.3. The number of aryl methyl sites for hydroxylation is 2. The number of aliphatic hydroxyl groups is 1. The molecule has 0 amide bonds. The molecule has 1 unspecified atom stereocenters. The third-order valence-corrected chi connectivity index (χ3v) is 3.31. The largest absolute Gasteiger partial charge is 0.382 e. The minimum atomic E-state index is -0.677. The van der Waals surface area contributed by atoms with Crippen LogP contribution in [0.25, 0.3) is 0 Å². The predicted octanol–water partition coefficient (Wildman–Crippen LogP) is 1.90. The molecule has 0 bridgehead atoms. The fourth-order valence-electron chi connectivity index (χ4n) is 2.31. The van der Waals surface area contributed by atoms with E-state index in [1.807, 2.05) is 45.5 Å². The summed E-state index contributed by atoms with van der Waals surface area (Å²) in [5.41, 5.74) is 3.53. The van der Waals surface area contributed by atoms with Crippen molar-refractivity contribution < 1.29 is 5.11 Å². The fourth-order valence-corrected chi connectivity index (χ4v) is 2.31. The van der Waals surface area contributed by atoms with E-state index in [1.54, 1.807) is 10.9 Å². The van der Waals surface area contributed by atoms with Crippen molar-refractivity contribution in [2.75, 3.05) is 0 Å². The van der Waals surface area contributed by atoms with E-state index in [2.05, 4.69) is 10.2 Å². The lowest BCUT2D eigenvalue weighted by molar-refractivity contribution is 0.203. The van der Waals surface area contributed by atoms with E-state index in [9.17, 15) is 5.11 Å². The van der Waals surface area contributed by atoms with Gasteiger partial charge in [0.1, 0.15) is 6.10 Å². The molecule has 0 radical (unpaired) electrons. The van der Waals surface area contributed by atoms with E-state index in [4.69, 9.17) is 0 Å². The van der Waals surface area contributed by atoms with Crippen LogP contribution in [0, 0.1) is 13.8 Å². The number of rotatable bonds is 3. The molecule has 98 valence electrons. The molecule has 0 fully saturated rings. The van der Waals surface area contributed by atoms with Gasteiger partial charge in [-0.05, 0) is 33.8 Å². The predicted molar refractivity (Wildman–Crippen MR) is 69.4 cm³/mol. The first-order valence-corrected chi connectivity index (χ1v) is 6.15. The molecule has 2 rings (SSSR count). The Kier molecular flexibility index (Phi) is 3.26. The summed E-state index contributed by atoms with van der Waals surface area (Å²) < 4.78 is 3.64. The number of nitrogens with zero attached hydrogens (tertiary/aromatic N) is 4. The molecule has 2 aromatic heterocycles. The molecule has 0 spiro atoms. The first-order chi connectivity index (χ1) is 8.43. The lowest BCUT2D eigenvalue weighted by Gasteiger charge is -2.16. The maximum atomic E-state index is 10.6. The van der Waals surface area contributed by atoms with Gasteiger partial charge in [-0.3, -0.25) is 9.36 Å². The molecule has 0 saturated carbocycles. The molecule has 0 aromatic carbocycles. The van der Waals surface area contributed by atoms with Crippen LogP contribution in [-0.2, 0) is 7.05 Å². The molecule has 1 N–H and O–H groups in total. The highest BCUT2D eigenvalue weighted by Crippen LogP contribution is 2.28. The Balaban J connectivity index is 2.48. The summed E-state index contributed by atoms with van der Waals surface area (Å²) in [6.45, 7) is 7.98. The molecule has 5 heteroatoms. The summed E-state index contributed by atoms with van der Waals surface area (Å²) in [4.78, 5) is 0. The maximum absolute atomic E-state index is 10.6. The van der Waals surface area contributed by atoms with Gasteiger partial charge in [-0.2, -0.15) is 10.2 Å². The van der Waals surface area contributed by atoms with E-state index < -0.39 is 6.10 Å². The fraction of sp³-hybridized carbons (Fsp3) is 0.538. The number of hydrogen-bond donors (Lipinski definition) is 1. The zero-order chi connectivity index (χ0) is 13.4. The normalized spacial score (nSPS) is 13.3. The molecule has 0 aliphatic heterocycles. The van der Waals surface area contributed by atoms with Crippen molar-refractivity contribution in [2.45, 2.75) is 39.8 Å². The van der Waals surface area contributed by atoms with E-state index in [0.29, 0.717) is 0 Å². The van der Waals surface area contributed by atoms with Crippen molar-refractivity contribution in [1.82, 2.24) is 19.6 Å². The number of aliphatic hydroxyl groups excluding tert-OH is 1. The molecule has 0 aliphatic carbocycles. The van der Waals surface area contributed by atoms with Gasteiger partial charge in [0.2, 0.25) is 0 Å². The molecule has 18 heavy (non-hydrogen) atoms. The average Bonchev–Trinajstić information content (AvgIpc) is 2.85. The number of aromatic nitrogens is 4. The quantitative estimate of drug-likeness (QED) is 0.902. The van der Waals surface area contributed by atoms with Crippen molar-refractivity contribution in [3.8, 4) is 0 Å². The Morgan fingerprint density at radius 3 is 2.44 bits per heavy atom. The third kappa shape index (κ3) is 1.95. The van der Waals surface area contributed by atoms with Crippen molar-refractivity contribution in [3.05, 3.63) is 34.9 Å². The molecule has 2 aromatic rings. The SMILES string of the molecule is Cc1nn(C)c(C)c1C(O)c1ccnn1C(C)C. The first-order valence-electron chi connectivity index (χ1n) is 6.15. The highest BCUT2D eigenvalue weighted by Gasteiger charge is 2.23. The van der Waals surface area contributed by atoms with Gasteiger partial charge in [0.15, 0.2) is 0 Å². The van der Waals surface area contributed by atoms with Crippen LogP contribution in [-0.4, -0.2) is 24.7 Å². The summed E-state index contributed by atoms with van der Waals surface area (Å²) in [7, 11) is 1.89. The van der Waals surface area contributed by atoms with Crippen molar-refractivity contribution in [2.24, 2.45) is 7.05 Å². The summed E-state index contributed by atoms with van der Waals surface area (Å²) in [6, 6.07) is 2.08. The summed E-state index contributed by atoms with van der Waals surface area (Å²) in [5.74, 6) is 0. The van der Waals surface area contributed by atoms with Gasteiger partial charge in [0, 0.05) is 30.5 Å². The Bertz CT molecular complexity index is 553. The smallest absolute Gasteiger partial charge is 0.124 e. The van der Waals surface area contributed by atoms with Gasteiger partial charge in [-0.25, -0.2) is 0 Å². The van der Waals surface area contributed by atoms with E-state index in [-0.39, 0.29) is 6.04 Å².